The average molecular weight is 686 g/mol. The first kappa shape index (κ1) is 33.0. The van der Waals surface area contributed by atoms with E-state index in [1.165, 1.54) is 103 Å². The molecular weight excluding hydrogens is 623 g/mol. The molecule has 50 heavy (non-hydrogen) atoms. The molecule has 0 aromatic heterocycles. The van der Waals surface area contributed by atoms with E-state index in [9.17, 15) is 4.79 Å². The molecule has 6 aliphatic heterocycles. The number of carbonyl (C=O) groups excluding carboxylic acids is 1. The molecule has 8 bridgehead atoms. The Labute approximate surface area is 299 Å². The van der Waals surface area contributed by atoms with Crippen LogP contribution < -0.4 is 47.9 Å². The topological polar surface area (TPSA) is 125 Å². The largest absolute Gasteiger partial charge is 0.348 e. The molecule has 9 N–H and O–H groups in total. The number of fused-ring (bicyclic) bond motifs is 21. The predicted molar refractivity (Wildman–Crippen MR) is 195 cm³/mol. The predicted octanol–water partition coefficient (Wildman–Crippen LogP) is 3.54. The first-order valence-electron chi connectivity index (χ1n) is 21.1. The highest BCUT2D eigenvalue weighted by Crippen LogP contribution is 2.45. The van der Waals surface area contributed by atoms with E-state index in [4.69, 9.17) is 0 Å². The third-order valence-corrected chi connectivity index (χ3v) is 15.5. The van der Waals surface area contributed by atoms with Crippen molar-refractivity contribution in [1.29, 1.82) is 0 Å². The van der Waals surface area contributed by atoms with Crippen LogP contribution in [0, 0.1) is 47.3 Å². The summed E-state index contributed by atoms with van der Waals surface area (Å²) >= 11 is 0. The smallest absolute Gasteiger partial charge is 0.251 e. The zero-order valence-electron chi connectivity index (χ0n) is 30.0. The van der Waals surface area contributed by atoms with Gasteiger partial charge in [-0.05, 0) is 110 Å². The summed E-state index contributed by atoms with van der Waals surface area (Å²) in [5, 5.41) is 36.5. The van der Waals surface area contributed by atoms with E-state index >= 15 is 0 Å². The highest BCUT2D eigenvalue weighted by Gasteiger charge is 2.54. The molecule has 10 aliphatic rings. The Bertz CT molecular complexity index is 1170. The van der Waals surface area contributed by atoms with Crippen LogP contribution >= 0.6 is 0 Å². The molecule has 274 valence electrons. The summed E-state index contributed by atoms with van der Waals surface area (Å²) in [5.41, 5.74) is 1.93. The van der Waals surface area contributed by atoms with Gasteiger partial charge in [0.15, 0.2) is 0 Å². The van der Waals surface area contributed by atoms with Crippen LogP contribution in [-0.2, 0) is 6.54 Å². The van der Waals surface area contributed by atoms with Crippen molar-refractivity contribution in [2.75, 3.05) is 0 Å². The first-order valence-corrected chi connectivity index (χ1v) is 21.1. The summed E-state index contributed by atoms with van der Waals surface area (Å²) in [6.45, 7) is 0.689. The zero-order valence-corrected chi connectivity index (χ0v) is 30.0. The molecule has 10 nitrogen and oxygen atoms in total. The van der Waals surface area contributed by atoms with Crippen LogP contribution in [0.15, 0.2) is 24.3 Å². The Morgan fingerprint density at radius 2 is 0.640 bits per heavy atom. The number of carbonyl (C=O) groups is 1. The van der Waals surface area contributed by atoms with Crippen molar-refractivity contribution in [1.82, 2.24) is 47.9 Å². The van der Waals surface area contributed by atoms with Gasteiger partial charge in [0.1, 0.15) is 0 Å². The third kappa shape index (κ3) is 5.98. The van der Waals surface area contributed by atoms with Gasteiger partial charge in [-0.3, -0.25) is 47.3 Å². The fourth-order valence-corrected chi connectivity index (χ4v) is 13.1. The van der Waals surface area contributed by atoms with Crippen molar-refractivity contribution in [3.8, 4) is 0 Å². The van der Waals surface area contributed by atoms with Crippen LogP contribution in [-0.4, -0.2) is 55.2 Å². The summed E-state index contributed by atoms with van der Waals surface area (Å²) in [6.07, 6.45) is 25.6. The maximum Gasteiger partial charge on any atom is 0.251 e. The molecule has 4 aliphatic carbocycles. The lowest BCUT2D eigenvalue weighted by Crippen LogP contribution is -2.61. The Balaban J connectivity index is 0.000000272. The fraction of sp³-hybridized carbons (Fsp3) is 0.825. The molecule has 1 amide bonds. The van der Waals surface area contributed by atoms with Crippen LogP contribution in [0.4, 0.5) is 0 Å². The maximum absolute atomic E-state index is 11.0. The number of hydrogen-bond donors (Lipinski definition) is 9. The Kier molecular flexibility index (Phi) is 9.22. The van der Waals surface area contributed by atoms with Gasteiger partial charge in [0.05, 0.1) is 49.3 Å². The van der Waals surface area contributed by atoms with Gasteiger partial charge in [0, 0.05) is 12.1 Å². The standard InChI is InChI=1S/C32H56N8.C8H7NO/c1-2-10-18-17(9-1)25-33-26(18)38-28-21-13-5-6-14-22(21)30(35-28)40-32-24-16-8-7-15-23(24)31(36-32)39-29-20-12-4-3-11-19(20)27(34-29)37-25;10-8-7-4-2-1-3-6(7)5-9-8/h17-40H,1-16H2;1-4H,5H2,(H,9,10). The highest BCUT2D eigenvalue weighted by atomic mass is 16.1. The van der Waals surface area contributed by atoms with Gasteiger partial charge in [-0.15, -0.1) is 0 Å². The van der Waals surface area contributed by atoms with E-state index in [1.54, 1.807) is 0 Å². The average Bonchev–Trinajstić information content (AvgIpc) is 3.97. The summed E-state index contributed by atoms with van der Waals surface area (Å²) in [6, 6.07) is 7.63. The minimum absolute atomic E-state index is 0.0515. The lowest BCUT2D eigenvalue weighted by molar-refractivity contribution is 0.0965. The first-order chi connectivity index (χ1) is 24.7. The Morgan fingerprint density at radius 1 is 0.380 bits per heavy atom. The summed E-state index contributed by atoms with van der Waals surface area (Å²) in [7, 11) is 0. The number of rotatable bonds is 0. The van der Waals surface area contributed by atoms with E-state index < -0.39 is 0 Å². The van der Waals surface area contributed by atoms with Crippen LogP contribution in [0.25, 0.3) is 0 Å². The normalized spacial score (nSPS) is 49.0. The van der Waals surface area contributed by atoms with Crippen molar-refractivity contribution >= 4 is 5.91 Å². The highest BCUT2D eigenvalue weighted by molar-refractivity contribution is 5.98. The maximum atomic E-state index is 11.0. The van der Waals surface area contributed by atoms with Crippen LogP contribution in [0.5, 0.6) is 0 Å². The monoisotopic (exact) mass is 686 g/mol. The summed E-state index contributed by atoms with van der Waals surface area (Å²) < 4.78 is 0. The van der Waals surface area contributed by atoms with E-state index in [0.29, 0.717) is 55.9 Å². The second kappa shape index (κ2) is 14.0. The van der Waals surface area contributed by atoms with Gasteiger partial charge >= 0.3 is 0 Å². The number of amides is 1. The van der Waals surface area contributed by atoms with E-state index in [1.807, 2.05) is 24.3 Å². The Morgan fingerprint density at radius 3 is 0.900 bits per heavy atom. The van der Waals surface area contributed by atoms with E-state index in [2.05, 4.69) is 47.9 Å². The van der Waals surface area contributed by atoms with E-state index in [0.717, 1.165) is 58.5 Å². The molecule has 5 saturated heterocycles. The van der Waals surface area contributed by atoms with Gasteiger partial charge in [-0.1, -0.05) is 69.6 Å². The van der Waals surface area contributed by atoms with Gasteiger partial charge in [0.25, 0.3) is 5.91 Å². The molecule has 9 fully saturated rings. The molecule has 4 saturated carbocycles. The molecule has 6 heterocycles. The SMILES string of the molecule is C1CCC2C3NC(NC4NC(NC5NC(NC6NC(N3)C3CCCCC63)C3CCCCC53)C3CCCCC43)C2C1.O=C1NCc2ccccc21. The lowest BCUT2D eigenvalue weighted by atomic mass is 9.76. The number of benzene rings is 1. The van der Waals surface area contributed by atoms with Crippen LogP contribution in [0.2, 0.25) is 0 Å². The van der Waals surface area contributed by atoms with Crippen molar-refractivity contribution in [3.63, 3.8) is 0 Å². The second-order valence-corrected chi connectivity index (χ2v) is 17.9. The van der Waals surface area contributed by atoms with Crippen molar-refractivity contribution in [2.45, 2.75) is 159 Å². The zero-order chi connectivity index (χ0) is 33.2. The third-order valence-electron chi connectivity index (χ3n) is 15.5. The van der Waals surface area contributed by atoms with Crippen molar-refractivity contribution in [3.05, 3.63) is 35.4 Å². The molecule has 1 aromatic carbocycles. The fourth-order valence-electron chi connectivity index (χ4n) is 13.1. The minimum atomic E-state index is 0.0515. The quantitative estimate of drug-likeness (QED) is 0.202. The van der Waals surface area contributed by atoms with E-state index in [-0.39, 0.29) is 5.91 Å². The van der Waals surface area contributed by atoms with Gasteiger partial charge in [-0.25, -0.2) is 0 Å². The number of nitrogens with one attached hydrogen (secondary N) is 9. The lowest BCUT2D eigenvalue weighted by Gasteiger charge is -2.35. The van der Waals surface area contributed by atoms with Crippen molar-refractivity contribution in [2.24, 2.45) is 47.3 Å². The van der Waals surface area contributed by atoms with Gasteiger partial charge in [-0.2, -0.15) is 0 Å². The summed E-state index contributed by atoms with van der Waals surface area (Å²) in [4.78, 5) is 11.0. The van der Waals surface area contributed by atoms with Gasteiger partial charge < -0.3 is 5.32 Å². The molecular formula is C40H63N9O. The molecule has 0 radical (unpaired) electrons. The molecule has 0 spiro atoms. The Hall–Kier alpha value is -1.63. The van der Waals surface area contributed by atoms with Crippen LogP contribution in [0.3, 0.4) is 0 Å². The molecule has 10 heteroatoms. The van der Waals surface area contributed by atoms with Crippen molar-refractivity contribution < 1.29 is 4.79 Å². The molecule has 8 unspecified atom stereocenters. The second-order valence-electron chi connectivity index (χ2n) is 17.9. The summed E-state index contributed by atoms with van der Waals surface area (Å²) in [5.74, 6) is 6.02. The minimum Gasteiger partial charge on any atom is -0.348 e. The molecule has 8 atom stereocenters. The van der Waals surface area contributed by atoms with Gasteiger partial charge in [0.2, 0.25) is 0 Å². The molecule has 1 aromatic rings. The van der Waals surface area contributed by atoms with Crippen LogP contribution in [0.1, 0.15) is 119 Å². The molecule has 11 rings (SSSR count). The number of hydrogen-bond acceptors (Lipinski definition) is 9.